The molecule has 14 nitrogen and oxygen atoms in total. The van der Waals surface area contributed by atoms with Crippen molar-refractivity contribution in [1.82, 2.24) is 15.0 Å². The lowest BCUT2D eigenvalue weighted by Gasteiger charge is -2.19. The number of carbonyl (C=O) groups excluding carboxylic acids is 3. The van der Waals surface area contributed by atoms with Crippen LogP contribution in [0.1, 0.15) is 95.1 Å². The van der Waals surface area contributed by atoms with E-state index in [1.54, 1.807) is 13.8 Å². The number of azo groups is 1. The number of aliphatic imine (C=N–C) groups is 1. The van der Waals surface area contributed by atoms with Gasteiger partial charge < -0.3 is 9.84 Å². The molecule has 2 aliphatic heterocycles. The number of unbranched alkanes of at least 4 members (excludes halogenated alkanes) is 9. The van der Waals surface area contributed by atoms with Crippen molar-refractivity contribution in [1.29, 1.82) is 0 Å². The monoisotopic (exact) mass is 903 g/mol. The molecule has 2 saturated heterocycles. The van der Waals surface area contributed by atoms with Crippen molar-refractivity contribution in [2.45, 2.75) is 109 Å². The number of sulfonamides is 1. The van der Waals surface area contributed by atoms with Crippen molar-refractivity contribution in [3.05, 3.63) is 68.7 Å². The summed E-state index contributed by atoms with van der Waals surface area (Å²) in [6.07, 6.45) is 12.5. The number of methoxy groups -OCH3 is 1. The zero-order valence-electron chi connectivity index (χ0n) is 34.3. The van der Waals surface area contributed by atoms with Crippen LogP contribution in [0.3, 0.4) is 0 Å². The number of aryl methyl sites for hydroxylation is 2. The summed E-state index contributed by atoms with van der Waals surface area (Å²) in [5.74, 6) is -1.50. The van der Waals surface area contributed by atoms with Gasteiger partial charge in [-0.3, -0.25) is 24.7 Å². The van der Waals surface area contributed by atoms with Crippen molar-refractivity contribution in [3.63, 3.8) is 0 Å². The minimum atomic E-state index is -4.20. The van der Waals surface area contributed by atoms with Gasteiger partial charge in [0.25, 0.3) is 5.91 Å². The largest absolute Gasteiger partial charge is 0.508 e. The molecule has 0 bridgehead atoms. The van der Waals surface area contributed by atoms with Gasteiger partial charge in [0.1, 0.15) is 22.9 Å². The van der Waals surface area contributed by atoms with Crippen molar-refractivity contribution < 1.29 is 32.6 Å². The third-order valence-electron chi connectivity index (χ3n) is 10.5. The van der Waals surface area contributed by atoms with E-state index in [9.17, 15) is 27.9 Å². The lowest BCUT2D eigenvalue weighted by Crippen LogP contribution is -2.38. The van der Waals surface area contributed by atoms with Crippen LogP contribution in [-0.2, 0) is 24.4 Å². The average Bonchev–Trinajstić information content (AvgIpc) is 3.63. The second kappa shape index (κ2) is 21.5. The number of nitrogens with zero attached hydrogens (tertiary/aromatic N) is 5. The molecule has 3 N–H and O–H groups in total. The number of phenolic OH excluding ortho intramolecular Hbond substituents is 1. The standard InChI is InChI=1S/C42H52Cl3N7O7S/c1-5-6-7-8-9-10-11-12-13-14-15-28-22-36(54)51(41(28)55)19-18-46-60(57,58)31-16-17-35(59-4)34(25-31)47-40-38(49-48-37-26(2)20-30(53)21-27(37)3)42(56)52(50-40)39-32(44)23-29(43)24-33(39)45/h16-17,20-21,23-25,28,38,46,53H,5-15,18-19,22H2,1-4H3,(H,47,50). The van der Waals surface area contributed by atoms with Crippen LogP contribution < -0.4 is 19.9 Å². The van der Waals surface area contributed by atoms with E-state index < -0.39 is 22.0 Å². The normalized spacial score (nSPS) is 17.8. The maximum atomic E-state index is 14.0. The molecule has 18 heteroatoms. The van der Waals surface area contributed by atoms with Gasteiger partial charge in [0.15, 0.2) is 5.84 Å². The van der Waals surface area contributed by atoms with Gasteiger partial charge in [-0.1, -0.05) is 106 Å². The zero-order chi connectivity index (χ0) is 43.6. The number of rotatable bonds is 21. The molecular weight excluding hydrogens is 853 g/mol. The van der Waals surface area contributed by atoms with Gasteiger partial charge in [0, 0.05) is 30.5 Å². The van der Waals surface area contributed by atoms with Gasteiger partial charge in [-0.25, -0.2) is 23.1 Å². The van der Waals surface area contributed by atoms with Crippen LogP contribution in [0.2, 0.25) is 15.1 Å². The van der Waals surface area contributed by atoms with Crippen LogP contribution in [0.4, 0.5) is 17.1 Å². The van der Waals surface area contributed by atoms with E-state index in [1.165, 1.54) is 94.5 Å². The van der Waals surface area contributed by atoms with Gasteiger partial charge in [-0.05, 0) is 73.9 Å². The van der Waals surface area contributed by atoms with E-state index in [-0.39, 0.29) is 85.9 Å². The van der Waals surface area contributed by atoms with Crippen molar-refractivity contribution in [3.8, 4) is 11.5 Å². The summed E-state index contributed by atoms with van der Waals surface area (Å²) >= 11 is 19.1. The number of hydrazine groups is 1. The van der Waals surface area contributed by atoms with Crippen LogP contribution >= 0.6 is 34.8 Å². The molecule has 3 amide bonds. The summed E-state index contributed by atoms with van der Waals surface area (Å²) in [5, 5.41) is 20.1. The third kappa shape index (κ3) is 11.8. The molecule has 2 heterocycles. The molecule has 0 radical (unpaired) electrons. The molecule has 0 saturated carbocycles. The molecule has 5 rings (SSSR count). The number of hydrogen-bond donors (Lipinski definition) is 3. The Morgan fingerprint density at radius 3 is 2.12 bits per heavy atom. The number of benzene rings is 3. The molecule has 0 aromatic heterocycles. The quantitative estimate of drug-likeness (QED) is 0.0536. The van der Waals surface area contributed by atoms with E-state index in [2.05, 4.69) is 32.3 Å². The Kier molecular flexibility index (Phi) is 16.8. The minimum Gasteiger partial charge on any atom is -0.508 e. The maximum Gasteiger partial charge on any atom is 0.280 e. The Balaban J connectivity index is 1.29. The first-order valence-corrected chi connectivity index (χ1v) is 22.8. The van der Waals surface area contributed by atoms with Crippen LogP contribution in [0.25, 0.3) is 0 Å². The molecule has 0 spiro atoms. The Labute approximate surface area is 366 Å². The average molecular weight is 905 g/mol. The first kappa shape index (κ1) is 46.8. The van der Waals surface area contributed by atoms with Crippen LogP contribution in [0.5, 0.6) is 11.5 Å². The number of hydrogen-bond acceptors (Lipinski definition) is 10. The fourth-order valence-electron chi connectivity index (χ4n) is 7.30. The molecule has 0 aliphatic carbocycles. The second-order valence-electron chi connectivity index (χ2n) is 15.0. The van der Waals surface area contributed by atoms with Gasteiger partial charge >= 0.3 is 0 Å². The predicted molar refractivity (Wildman–Crippen MR) is 235 cm³/mol. The third-order valence-corrected chi connectivity index (χ3v) is 12.7. The van der Waals surface area contributed by atoms with Crippen molar-refractivity contribution in [2.24, 2.45) is 21.1 Å². The van der Waals surface area contributed by atoms with E-state index in [0.717, 1.165) is 29.2 Å². The number of amidine groups is 1. The highest BCUT2D eigenvalue weighted by Gasteiger charge is 2.41. The van der Waals surface area contributed by atoms with Gasteiger partial charge in [0.05, 0.1) is 27.7 Å². The number of imide groups is 1. The number of likely N-dealkylation sites (tertiary alicyclic amines) is 1. The number of halogens is 3. The second-order valence-corrected chi connectivity index (χ2v) is 18.1. The summed E-state index contributed by atoms with van der Waals surface area (Å²) in [5.41, 5.74) is 4.59. The Morgan fingerprint density at radius 1 is 0.883 bits per heavy atom. The maximum absolute atomic E-state index is 14.0. The summed E-state index contributed by atoms with van der Waals surface area (Å²) in [6.45, 7) is 5.36. The number of nitrogens with one attached hydrogen (secondary N) is 2. The zero-order valence-corrected chi connectivity index (χ0v) is 37.4. The Hall–Kier alpha value is -4.28. The highest BCUT2D eigenvalue weighted by Crippen LogP contribution is 2.39. The van der Waals surface area contributed by atoms with Crippen LogP contribution in [-0.4, -0.2) is 68.2 Å². The first-order chi connectivity index (χ1) is 28.6. The van der Waals surface area contributed by atoms with Crippen LogP contribution in [0.15, 0.2) is 62.6 Å². The molecule has 2 unspecified atom stereocenters. The summed E-state index contributed by atoms with van der Waals surface area (Å²) in [6, 6.07) is 8.41. The van der Waals surface area contributed by atoms with E-state index >= 15 is 0 Å². The van der Waals surface area contributed by atoms with Gasteiger partial charge in [0.2, 0.25) is 27.9 Å². The Bertz CT molecular complexity index is 2190. The number of carbonyl (C=O) groups is 3. The predicted octanol–water partition coefficient (Wildman–Crippen LogP) is 9.68. The summed E-state index contributed by atoms with van der Waals surface area (Å²) in [4.78, 5) is 45.5. The topological polar surface area (TPSA) is 182 Å². The highest BCUT2D eigenvalue weighted by molar-refractivity contribution is 7.89. The van der Waals surface area contributed by atoms with Crippen molar-refractivity contribution in [2.75, 3.05) is 25.2 Å². The molecule has 3 aromatic carbocycles. The van der Waals surface area contributed by atoms with Crippen LogP contribution in [0, 0.1) is 19.8 Å². The van der Waals surface area contributed by atoms with Crippen molar-refractivity contribution >= 4 is 85.4 Å². The molecular formula is C42H52Cl3N7O7S. The number of anilines is 1. The number of aromatic hydroxyl groups is 1. The fourth-order valence-corrected chi connectivity index (χ4v) is 9.33. The molecule has 2 atom stereocenters. The number of ether oxygens (including phenoxy) is 1. The molecule has 3 aromatic rings. The van der Waals surface area contributed by atoms with Gasteiger partial charge in [-0.2, -0.15) is 10.2 Å². The van der Waals surface area contributed by atoms with E-state index in [1.807, 2.05) is 0 Å². The Morgan fingerprint density at radius 2 is 1.50 bits per heavy atom. The molecule has 60 heavy (non-hydrogen) atoms. The summed E-state index contributed by atoms with van der Waals surface area (Å²) in [7, 11) is -2.82. The lowest BCUT2D eigenvalue weighted by atomic mass is 9.98. The molecule has 2 aliphatic rings. The summed E-state index contributed by atoms with van der Waals surface area (Å²) < 4.78 is 35.2. The number of amides is 3. The number of phenols is 1. The van der Waals surface area contributed by atoms with E-state index in [4.69, 9.17) is 39.5 Å². The fraction of sp³-hybridized carbons (Fsp3) is 0.476. The lowest BCUT2D eigenvalue weighted by molar-refractivity contribution is -0.139. The van der Waals surface area contributed by atoms with E-state index in [0.29, 0.717) is 23.2 Å². The SMILES string of the molecule is CCCCCCCCCCCCC1CC(=O)N(CCNS(=O)(=O)c2ccc(OC)c(N=C3NN(c4c(Cl)cc(Cl)cc4Cl)C(=O)C3N=Nc3c(C)cc(O)cc3C)c2)C1=O. The molecule has 324 valence electrons. The molecule has 2 fully saturated rings. The highest BCUT2D eigenvalue weighted by atomic mass is 35.5. The first-order valence-electron chi connectivity index (χ1n) is 20.2. The smallest absolute Gasteiger partial charge is 0.280 e. The van der Waals surface area contributed by atoms with Gasteiger partial charge in [-0.15, -0.1) is 0 Å². The minimum absolute atomic E-state index is 0.0164.